The molecule has 0 aromatic carbocycles. The topological polar surface area (TPSA) is 18.5 Å². The normalized spacial score (nSPS) is 18.5. The van der Waals surface area contributed by atoms with E-state index in [1.54, 1.807) is 0 Å². The van der Waals surface area contributed by atoms with Gasteiger partial charge in [0.15, 0.2) is 16.6 Å². The highest BCUT2D eigenvalue weighted by atomic mass is 33.5. The van der Waals surface area contributed by atoms with Crippen molar-refractivity contribution in [2.75, 3.05) is 0 Å². The van der Waals surface area contributed by atoms with Crippen LogP contribution in [0.5, 0.6) is 0 Å². The Hall–Kier alpha value is 1.40. The van der Waals surface area contributed by atoms with Gasteiger partial charge >= 0.3 is 0 Å². The molecule has 0 N–H and O–H groups in total. The molecule has 2 nitrogen and oxygen atoms in total. The summed E-state index contributed by atoms with van der Waals surface area (Å²) in [4.78, 5) is 1.17. The maximum Gasteiger partial charge on any atom is 0.200 e. The molecule has 0 saturated heterocycles. The van der Waals surface area contributed by atoms with Crippen molar-refractivity contribution in [3.63, 3.8) is 0 Å². The van der Waals surface area contributed by atoms with Gasteiger partial charge in [-0.1, -0.05) is 49.3 Å². The van der Waals surface area contributed by atoms with Gasteiger partial charge in [0.1, 0.15) is 0 Å². The van der Waals surface area contributed by atoms with Crippen LogP contribution in [0.1, 0.15) is 54.4 Å². The third-order valence-electron chi connectivity index (χ3n) is 4.48. The molecule has 0 rings (SSSR count). The second-order valence-electron chi connectivity index (χ2n) is 7.43. The van der Waals surface area contributed by atoms with Gasteiger partial charge in [-0.15, -0.1) is 0 Å². The van der Waals surface area contributed by atoms with E-state index in [2.05, 4.69) is 67.7 Å². The molecular weight excluding hydrogens is 377 g/mol. The quantitative estimate of drug-likeness (QED) is 0.254. The van der Waals surface area contributed by atoms with E-state index < -0.39 is 16.6 Å². The van der Waals surface area contributed by atoms with Crippen molar-refractivity contribution in [2.24, 2.45) is 0 Å². The van der Waals surface area contributed by atoms with Crippen molar-refractivity contribution in [2.45, 2.75) is 103 Å². The maximum atomic E-state index is 6.32. The monoisotopic (exact) mass is 414 g/mol. The number of rotatable bonds is 12. The lowest BCUT2D eigenvalue weighted by Gasteiger charge is -2.33. The second-order valence-corrected chi connectivity index (χ2v) is 21.6. The lowest BCUT2D eigenvalue weighted by atomic mass is 10.3. The fourth-order valence-electron chi connectivity index (χ4n) is 1.77. The summed E-state index contributed by atoms with van der Waals surface area (Å²) in [6.07, 6.45) is 2.96. The molecule has 140 valence electrons. The standard InChI is InChI=1S/C16H38O2S3Si2/c1-11-13(3)17-22(7,8)15(5)19-21-20-16(6)23(9,10)18-14(4)12-2/h13-16H,11-12H2,1-10H3. The fraction of sp³-hybridized carbons (Fsp3) is 1.00. The average molecular weight is 415 g/mol. The van der Waals surface area contributed by atoms with E-state index in [9.17, 15) is 0 Å². The summed E-state index contributed by atoms with van der Waals surface area (Å²) < 4.78 is 12.6. The summed E-state index contributed by atoms with van der Waals surface area (Å²) in [6, 6.07) is 0. The lowest BCUT2D eigenvalue weighted by Crippen LogP contribution is -2.44. The molecule has 0 saturated carbocycles. The van der Waals surface area contributed by atoms with Crippen molar-refractivity contribution in [3.8, 4) is 0 Å². The van der Waals surface area contributed by atoms with Crippen LogP contribution in [0.2, 0.25) is 26.2 Å². The Morgan fingerprint density at radius 3 is 1.26 bits per heavy atom. The third kappa shape index (κ3) is 9.61. The van der Waals surface area contributed by atoms with Crippen LogP contribution in [0.25, 0.3) is 0 Å². The molecule has 0 amide bonds. The molecule has 23 heavy (non-hydrogen) atoms. The van der Waals surface area contributed by atoms with Crippen LogP contribution >= 0.6 is 31.4 Å². The molecule has 0 aliphatic carbocycles. The van der Waals surface area contributed by atoms with Crippen LogP contribution in [0, 0.1) is 0 Å². The van der Waals surface area contributed by atoms with E-state index in [0.717, 1.165) is 12.8 Å². The summed E-state index contributed by atoms with van der Waals surface area (Å²) >= 11 is 0. The molecule has 0 aromatic rings. The zero-order chi connectivity index (χ0) is 18.3. The minimum absolute atomic E-state index is 0.381. The molecule has 0 spiro atoms. The Morgan fingerprint density at radius 2 is 1.00 bits per heavy atom. The molecule has 0 aromatic heterocycles. The van der Waals surface area contributed by atoms with Crippen LogP contribution in [0.4, 0.5) is 0 Å². The molecule has 0 aliphatic rings. The zero-order valence-electron chi connectivity index (χ0n) is 16.8. The van der Waals surface area contributed by atoms with Crippen molar-refractivity contribution in [3.05, 3.63) is 0 Å². The Labute approximate surface area is 159 Å². The maximum absolute atomic E-state index is 6.32. The van der Waals surface area contributed by atoms with Gasteiger partial charge in [-0.25, -0.2) is 0 Å². The van der Waals surface area contributed by atoms with Crippen LogP contribution in [0.15, 0.2) is 0 Å². The molecule has 0 heterocycles. The van der Waals surface area contributed by atoms with Gasteiger partial charge in [0.25, 0.3) is 0 Å². The van der Waals surface area contributed by atoms with E-state index >= 15 is 0 Å². The molecule has 0 radical (unpaired) electrons. The Morgan fingerprint density at radius 1 is 0.696 bits per heavy atom. The van der Waals surface area contributed by atoms with Gasteiger partial charge < -0.3 is 8.85 Å². The fourth-order valence-corrected chi connectivity index (χ4v) is 16.7. The third-order valence-corrected chi connectivity index (χ3v) is 19.9. The molecule has 0 bridgehead atoms. The first-order chi connectivity index (χ1) is 10.5. The van der Waals surface area contributed by atoms with Crippen LogP contribution in [-0.2, 0) is 8.85 Å². The number of hydrogen-bond acceptors (Lipinski definition) is 5. The van der Waals surface area contributed by atoms with Gasteiger partial charge in [0.2, 0.25) is 0 Å². The summed E-state index contributed by atoms with van der Waals surface area (Å²) in [5.74, 6) is 0. The van der Waals surface area contributed by atoms with E-state index in [1.165, 1.54) is 0 Å². The lowest BCUT2D eigenvalue weighted by molar-refractivity contribution is 0.206. The minimum Gasteiger partial charge on any atom is -0.414 e. The van der Waals surface area contributed by atoms with E-state index in [0.29, 0.717) is 22.0 Å². The molecule has 4 unspecified atom stereocenters. The summed E-state index contributed by atoms with van der Waals surface area (Å²) in [5, 5.41) is 0. The van der Waals surface area contributed by atoms with Gasteiger partial charge in [-0.3, -0.25) is 0 Å². The summed E-state index contributed by atoms with van der Waals surface area (Å²) in [5.41, 5.74) is 0. The number of hydrogen-bond donors (Lipinski definition) is 0. The highest BCUT2D eigenvalue weighted by Crippen LogP contribution is 2.45. The summed E-state index contributed by atoms with van der Waals surface area (Å²) in [6.45, 7) is 22.8. The van der Waals surface area contributed by atoms with Crippen molar-refractivity contribution in [1.82, 2.24) is 0 Å². The van der Waals surface area contributed by atoms with E-state index in [4.69, 9.17) is 8.85 Å². The van der Waals surface area contributed by atoms with Crippen molar-refractivity contribution in [1.29, 1.82) is 0 Å². The van der Waals surface area contributed by atoms with Gasteiger partial charge in [-0.2, -0.15) is 0 Å². The first-order valence-electron chi connectivity index (χ1n) is 8.80. The minimum atomic E-state index is -1.63. The highest BCUT2D eigenvalue weighted by Gasteiger charge is 2.35. The van der Waals surface area contributed by atoms with E-state index in [1.807, 2.05) is 31.4 Å². The molecule has 0 aliphatic heterocycles. The van der Waals surface area contributed by atoms with Crippen LogP contribution in [-0.4, -0.2) is 38.6 Å². The average Bonchev–Trinajstić information content (AvgIpc) is 2.45. The first kappa shape index (κ1) is 24.4. The molecule has 0 fully saturated rings. The SMILES string of the molecule is CCC(C)O[Si](C)(C)C(C)SSSC(C)[Si](C)(C)OC(C)CC. The highest BCUT2D eigenvalue weighted by molar-refractivity contribution is 9.09. The predicted octanol–water partition coefficient (Wildman–Crippen LogP) is 6.91. The van der Waals surface area contributed by atoms with Crippen molar-refractivity contribution < 1.29 is 8.85 Å². The zero-order valence-corrected chi connectivity index (χ0v) is 21.2. The Balaban J connectivity index is 4.32. The Bertz CT molecular complexity index is 300. The largest absolute Gasteiger partial charge is 0.414 e. The van der Waals surface area contributed by atoms with E-state index in [-0.39, 0.29) is 0 Å². The van der Waals surface area contributed by atoms with Crippen molar-refractivity contribution >= 4 is 48.0 Å². The second kappa shape index (κ2) is 11.2. The van der Waals surface area contributed by atoms with Crippen LogP contribution in [0.3, 0.4) is 0 Å². The molecule has 7 heteroatoms. The molecular formula is C16H38O2S3Si2. The first-order valence-corrected chi connectivity index (χ1v) is 18.4. The van der Waals surface area contributed by atoms with Crippen LogP contribution < -0.4 is 0 Å². The van der Waals surface area contributed by atoms with Gasteiger partial charge in [0, 0.05) is 22.0 Å². The molecule has 4 atom stereocenters. The van der Waals surface area contributed by atoms with Gasteiger partial charge in [-0.05, 0) is 62.7 Å². The Kier molecular flexibility index (Phi) is 11.9. The van der Waals surface area contributed by atoms with Gasteiger partial charge in [0.05, 0.1) is 0 Å². The summed E-state index contributed by atoms with van der Waals surface area (Å²) in [7, 11) is 2.65. The smallest absolute Gasteiger partial charge is 0.200 e. The predicted molar refractivity (Wildman–Crippen MR) is 118 cm³/mol.